The molecule has 0 rings (SSSR count). The summed E-state index contributed by atoms with van der Waals surface area (Å²) in [5.74, 6) is 0. The zero-order chi connectivity index (χ0) is 27.0. The Bertz CT molecular complexity index is 214. The molecular formula is HAl6F24Li-6. The van der Waals surface area contributed by atoms with Crippen molar-refractivity contribution in [3.8, 4) is 0 Å². The van der Waals surface area contributed by atoms with Crippen LogP contribution < -0.4 is 0 Å². The average Bonchev–Trinajstić information content (AvgIpc) is 1.94. The fourth-order valence-electron chi connectivity index (χ4n) is 0. The molecule has 0 amide bonds. The number of hydrogen-bond donors (Lipinski definition) is 0. The first-order chi connectivity index (χ1) is 12.0. The van der Waals surface area contributed by atoms with E-state index in [9.17, 15) is 84.6 Å². The van der Waals surface area contributed by atoms with Gasteiger partial charge in [0.1, 0.15) is 0 Å². The summed E-state index contributed by atoms with van der Waals surface area (Å²) in [6.45, 7) is 0. The first kappa shape index (κ1) is 50.1. The van der Waals surface area contributed by atoms with Crippen molar-refractivity contribution in [3.05, 3.63) is 0 Å². The molecule has 0 atom stereocenters. The molecule has 0 radical (unpaired) electrons. The molecule has 0 aliphatic carbocycles. The van der Waals surface area contributed by atoms with Crippen LogP contribution in [-0.4, -0.2) is 108 Å². The van der Waals surface area contributed by atoms with E-state index in [4.69, 9.17) is 0 Å². The fourth-order valence-corrected chi connectivity index (χ4v) is 0. The summed E-state index contributed by atoms with van der Waals surface area (Å²) in [5, 5.41) is 0. The third-order valence-electron chi connectivity index (χ3n) is 0. The van der Waals surface area contributed by atoms with Gasteiger partial charge in [-0.1, -0.05) is 0 Å². The minimum atomic E-state index is -6.83. The molecule has 0 unspecified atom stereocenters. The molecule has 0 N–H and O–H groups in total. The Morgan fingerprint density at radius 3 is 0.161 bits per heavy atom. The fraction of sp³-hybridized carbons (Fsp3) is 0. The van der Waals surface area contributed by atoms with Gasteiger partial charge in [-0.3, -0.25) is 0 Å². The van der Waals surface area contributed by atoms with E-state index >= 15 is 0 Å². The summed E-state index contributed by atoms with van der Waals surface area (Å²) >= 11 is -41.0. The Kier molecular flexibility index (Phi) is 34.6. The van der Waals surface area contributed by atoms with Gasteiger partial charge in [-0.25, -0.2) is 0 Å². The van der Waals surface area contributed by atoms with Crippen LogP contribution in [-0.2, 0) is 0 Å². The van der Waals surface area contributed by atoms with Crippen molar-refractivity contribution in [2.24, 2.45) is 0 Å². The molecule has 0 aliphatic heterocycles. The molecule has 0 aromatic rings. The van der Waals surface area contributed by atoms with Crippen molar-refractivity contribution in [2.45, 2.75) is 0 Å². The molecule has 0 aromatic heterocycles. The van der Waals surface area contributed by atoms with Gasteiger partial charge in [0.2, 0.25) is 0 Å². The molecule has 0 spiro atoms. The van der Waals surface area contributed by atoms with Crippen LogP contribution in [0.5, 0.6) is 0 Å². The van der Waals surface area contributed by atoms with Crippen LogP contribution in [0.1, 0.15) is 0 Å². The second-order valence-corrected chi connectivity index (χ2v) is 8.91. The molecule has 31 heteroatoms. The summed E-state index contributed by atoms with van der Waals surface area (Å²) in [7, 11) is 0. The van der Waals surface area contributed by atoms with Gasteiger partial charge in [-0.05, 0) is 0 Å². The third-order valence-corrected chi connectivity index (χ3v) is 0. The van der Waals surface area contributed by atoms with Crippen molar-refractivity contribution >= 4 is 108 Å². The van der Waals surface area contributed by atoms with Gasteiger partial charge in [0.15, 0.2) is 0 Å². The van der Waals surface area contributed by atoms with Crippen LogP contribution in [0.3, 0.4) is 0 Å². The van der Waals surface area contributed by atoms with Crippen LogP contribution in [0.4, 0.5) is 84.6 Å². The van der Waals surface area contributed by atoms with Gasteiger partial charge >= 0.3 is 108 Å². The molecule has 0 aliphatic rings. The number of halogens is 24. The molecule has 0 aromatic carbocycles. The zero-order valence-electron chi connectivity index (χ0n) is 12.5. The SMILES string of the molecule is [F][Al-]([F])([F])[F].[F][Al-]([F])([F])[F].[F][Al-]([F])([F])[F].[F][Al-]([F])([F])[F].[F][Al-]([F])([F])[F].[F][Al-]([F])([F])[F].[LiH]. The van der Waals surface area contributed by atoms with Gasteiger partial charge in [0.25, 0.3) is 0 Å². The zero-order valence-corrected chi connectivity index (χ0v) is 19.5. The summed E-state index contributed by atoms with van der Waals surface area (Å²) < 4.78 is 236. The molecule has 0 saturated carbocycles. The van der Waals surface area contributed by atoms with Gasteiger partial charge in [0, 0.05) is 0 Å². The normalized spacial score (nSPS) is 11.6. The standard InChI is InChI=1S/6Al.24FH.Li.H/h;;;;;;24*1H;;/q6*+3;;;;;;;;;;;;;;;;;;;;;;;;;;/p-24. The van der Waals surface area contributed by atoms with Crippen molar-refractivity contribution in [1.82, 2.24) is 0 Å². The summed E-state index contributed by atoms with van der Waals surface area (Å²) in [6.07, 6.45) is 0. The predicted molar refractivity (Wildman–Crippen MR) is 68.3 cm³/mol. The molecule has 0 heterocycles. The molecule has 0 fully saturated rings. The van der Waals surface area contributed by atoms with E-state index in [0.29, 0.717) is 0 Å². The Morgan fingerprint density at radius 1 is 0.161 bits per heavy atom. The van der Waals surface area contributed by atoms with Crippen molar-refractivity contribution in [1.29, 1.82) is 0 Å². The van der Waals surface area contributed by atoms with Gasteiger partial charge in [-0.2, -0.15) is 0 Å². The van der Waals surface area contributed by atoms with Crippen molar-refractivity contribution < 1.29 is 84.6 Å². The van der Waals surface area contributed by atoms with Crippen LogP contribution in [0, 0.1) is 0 Å². The molecule has 0 saturated heterocycles. The van der Waals surface area contributed by atoms with Crippen LogP contribution in [0.2, 0.25) is 0 Å². The first-order valence-corrected chi connectivity index (χ1v) is 15.7. The van der Waals surface area contributed by atoms with Gasteiger partial charge < -0.3 is 84.6 Å². The Hall–Kier alpha value is 2.11. The second kappa shape index (κ2) is 21.4. The van der Waals surface area contributed by atoms with E-state index in [1.165, 1.54) is 0 Å². The Balaban J connectivity index is -0.0000000443. The predicted octanol–water partition coefficient (Wildman–Crippen LogP) is 7.15. The van der Waals surface area contributed by atoms with Crippen LogP contribution in [0.15, 0.2) is 0 Å². The van der Waals surface area contributed by atoms with E-state index in [2.05, 4.69) is 0 Å². The van der Waals surface area contributed by atoms with E-state index < -0.39 is 89.5 Å². The van der Waals surface area contributed by atoms with Gasteiger partial charge in [-0.15, -0.1) is 0 Å². The summed E-state index contributed by atoms with van der Waals surface area (Å²) in [5.41, 5.74) is 0. The molecular weight excluding hydrogens is 625 g/mol. The quantitative estimate of drug-likeness (QED) is 0.198. The van der Waals surface area contributed by atoms with Crippen molar-refractivity contribution in [2.75, 3.05) is 0 Å². The van der Waals surface area contributed by atoms with Crippen molar-refractivity contribution in [3.63, 3.8) is 0 Å². The van der Waals surface area contributed by atoms with Gasteiger partial charge in [0.05, 0.1) is 0 Å². The topological polar surface area (TPSA) is 0 Å². The Labute approximate surface area is 191 Å². The first-order valence-electron chi connectivity index (χ1n) is 5.24. The summed E-state index contributed by atoms with van der Waals surface area (Å²) in [4.78, 5) is 0. The second-order valence-electron chi connectivity index (χ2n) is 2.97. The molecule has 31 heavy (non-hydrogen) atoms. The van der Waals surface area contributed by atoms with E-state index in [1.54, 1.807) is 0 Å². The maximum atomic E-state index is 9.85. The number of rotatable bonds is 0. The average molecular weight is 626 g/mol. The Morgan fingerprint density at radius 2 is 0.161 bits per heavy atom. The number of hydrogen-bond acceptors (Lipinski definition) is 0. The van der Waals surface area contributed by atoms with Crippen LogP contribution in [0.25, 0.3) is 0 Å². The minimum absolute atomic E-state index is 0. The molecule has 0 nitrogen and oxygen atoms in total. The monoisotopic (exact) mass is 626 g/mol. The maximum absolute atomic E-state index is 9.85. The molecule has 194 valence electrons. The van der Waals surface area contributed by atoms with E-state index in [-0.39, 0.29) is 18.9 Å². The van der Waals surface area contributed by atoms with E-state index in [1.807, 2.05) is 0 Å². The third kappa shape index (κ3) is 6530. The van der Waals surface area contributed by atoms with Crippen LogP contribution >= 0.6 is 0 Å². The van der Waals surface area contributed by atoms with E-state index in [0.717, 1.165) is 0 Å². The molecule has 0 bridgehead atoms. The summed E-state index contributed by atoms with van der Waals surface area (Å²) in [6, 6.07) is 0.